The van der Waals surface area contributed by atoms with Crippen molar-refractivity contribution in [2.75, 3.05) is 44.2 Å². The molecule has 0 bridgehead atoms. The number of aromatic nitrogens is 1. The predicted molar refractivity (Wildman–Crippen MR) is 142 cm³/mol. The average molecular weight is 487 g/mol. The Morgan fingerprint density at radius 2 is 1.94 bits per heavy atom. The van der Waals surface area contributed by atoms with Gasteiger partial charge in [-0.15, -0.1) is 0 Å². The maximum absolute atomic E-state index is 13.9. The minimum atomic E-state index is -1.86. The molecule has 1 aromatic heterocycles. The van der Waals surface area contributed by atoms with E-state index in [4.69, 9.17) is 10.2 Å². The largest absolute Gasteiger partial charge is 0.379 e. The molecule has 0 amide bonds. The van der Waals surface area contributed by atoms with E-state index in [9.17, 15) is 10.1 Å². The maximum atomic E-state index is 13.9. The fraction of sp³-hybridized carbons (Fsp3) is 0.467. The van der Waals surface area contributed by atoms with Crippen LogP contribution in [0.1, 0.15) is 77.4 Å². The highest BCUT2D eigenvalue weighted by atomic mass is 16.5. The number of ketones is 1. The summed E-state index contributed by atoms with van der Waals surface area (Å²) in [6.45, 7) is 3.71. The first kappa shape index (κ1) is 19.0. The molecule has 0 saturated carbocycles. The predicted octanol–water partition coefficient (Wildman–Crippen LogP) is 4.77. The van der Waals surface area contributed by atoms with Crippen LogP contribution in [0, 0.1) is 11.3 Å². The second-order valence-electron chi connectivity index (χ2n) is 10.5. The molecule has 6 nitrogen and oxygen atoms in total. The van der Waals surface area contributed by atoms with Crippen LogP contribution in [0.5, 0.6) is 0 Å². The summed E-state index contributed by atoms with van der Waals surface area (Å²) in [5.74, 6) is -0.00276. The number of nitrogens with zero attached hydrogens (tertiary/aromatic N) is 3. The van der Waals surface area contributed by atoms with Crippen molar-refractivity contribution in [3.8, 4) is 6.07 Å². The maximum Gasteiger partial charge on any atom is 0.195 e. The Morgan fingerprint density at radius 1 is 1.19 bits per heavy atom. The minimum absolute atomic E-state index is 0.00276. The van der Waals surface area contributed by atoms with Gasteiger partial charge in [-0.3, -0.25) is 9.69 Å². The van der Waals surface area contributed by atoms with Crippen molar-refractivity contribution in [3.63, 3.8) is 0 Å². The number of fused-ring (bicyclic) bond motifs is 4. The number of carbonyl (C=O) groups is 1. The summed E-state index contributed by atoms with van der Waals surface area (Å²) < 4.78 is 38.9. The Balaban J connectivity index is 1.35. The van der Waals surface area contributed by atoms with E-state index in [1.54, 1.807) is 12.1 Å². The number of nitrogens with one attached hydrogen (secondary N) is 1. The number of rotatable bonds is 3. The Hall–Kier alpha value is -3.14. The number of H-pyrrole nitrogens is 1. The van der Waals surface area contributed by atoms with Gasteiger partial charge in [0.15, 0.2) is 5.78 Å². The summed E-state index contributed by atoms with van der Waals surface area (Å²) in [4.78, 5) is 21.1. The second kappa shape index (κ2) is 8.76. The number of aromatic amines is 1. The highest BCUT2D eigenvalue weighted by Gasteiger charge is 2.40. The highest BCUT2D eigenvalue weighted by molar-refractivity contribution is 6.20. The van der Waals surface area contributed by atoms with Crippen LogP contribution in [-0.2, 0) is 16.6 Å². The molecular weight excluding hydrogens is 448 g/mol. The molecule has 2 fully saturated rings. The average Bonchev–Trinajstić information content (AvgIpc) is 3.31. The first-order chi connectivity index (χ1) is 18.9. The number of carbonyl (C=O) groups excluding carboxylic acids is 1. The molecule has 1 N–H and O–H groups in total. The van der Waals surface area contributed by atoms with Crippen LogP contribution in [0.2, 0.25) is 0 Å². The third kappa shape index (κ3) is 3.56. The Labute approximate surface area is 218 Å². The van der Waals surface area contributed by atoms with Crippen molar-refractivity contribution in [2.45, 2.75) is 51.5 Å². The first-order valence-corrected chi connectivity index (χ1v) is 12.8. The van der Waals surface area contributed by atoms with Crippen molar-refractivity contribution in [1.82, 2.24) is 9.88 Å². The van der Waals surface area contributed by atoms with Crippen molar-refractivity contribution in [2.24, 2.45) is 0 Å². The van der Waals surface area contributed by atoms with Gasteiger partial charge < -0.3 is 14.6 Å². The van der Waals surface area contributed by atoms with Crippen molar-refractivity contribution < 1.29 is 15.0 Å². The smallest absolute Gasteiger partial charge is 0.195 e. The van der Waals surface area contributed by atoms with Crippen LogP contribution in [0.25, 0.3) is 10.9 Å². The van der Waals surface area contributed by atoms with E-state index < -0.39 is 18.4 Å². The molecule has 2 aliphatic heterocycles. The number of anilines is 1. The number of morpholine rings is 1. The zero-order valence-corrected chi connectivity index (χ0v) is 21.1. The topological polar surface area (TPSA) is 72.4 Å². The van der Waals surface area contributed by atoms with Gasteiger partial charge >= 0.3 is 0 Å². The van der Waals surface area contributed by atoms with E-state index in [-0.39, 0.29) is 25.0 Å². The molecule has 2 saturated heterocycles. The second-order valence-corrected chi connectivity index (χ2v) is 10.5. The lowest BCUT2D eigenvalue weighted by molar-refractivity contribution is 0.0115. The van der Waals surface area contributed by atoms with Crippen molar-refractivity contribution >= 4 is 22.4 Å². The molecule has 0 radical (unpaired) electrons. The zero-order chi connectivity index (χ0) is 28.6. The number of hydrogen-bond donors (Lipinski definition) is 1. The molecule has 36 heavy (non-hydrogen) atoms. The van der Waals surface area contributed by atoms with Crippen LogP contribution >= 0.6 is 0 Å². The molecule has 1 aliphatic carbocycles. The van der Waals surface area contributed by atoms with E-state index in [1.807, 2.05) is 12.1 Å². The lowest BCUT2D eigenvalue weighted by atomic mass is 9.70. The SMILES string of the molecule is [2H]C1([2H])COCC([2H])([2H])N1C1CCN(c2cc3c(cc2CC)C(=O)c2c([nH]c4cc(C#N)ccc24)C3(C)C)CC1. The van der Waals surface area contributed by atoms with Crippen LogP contribution in [0.3, 0.4) is 0 Å². The fourth-order valence-corrected chi connectivity index (χ4v) is 6.12. The molecule has 3 aromatic rings. The normalized spacial score (nSPS) is 24.7. The molecule has 3 heterocycles. The van der Waals surface area contributed by atoms with E-state index in [0.29, 0.717) is 42.6 Å². The van der Waals surface area contributed by atoms with E-state index in [0.717, 1.165) is 39.8 Å². The third-order valence-corrected chi connectivity index (χ3v) is 8.14. The molecule has 0 unspecified atom stereocenters. The van der Waals surface area contributed by atoms with Gasteiger partial charge in [0.05, 0.1) is 30.4 Å². The van der Waals surface area contributed by atoms with E-state index in [2.05, 4.69) is 42.8 Å². The van der Waals surface area contributed by atoms with Crippen LogP contribution in [0.4, 0.5) is 5.69 Å². The number of aryl methyl sites for hydroxylation is 1. The number of piperidine rings is 1. The molecule has 0 spiro atoms. The standard InChI is InChI=1S/C30H34N4O2/c1-4-20-16-23-24(17-26(20)34-9-7-21(8-10-34)33-11-13-36-14-12-33)30(2,3)29-27(28(23)35)22-6-5-19(18-31)15-25(22)32-29/h5-6,15-17,21,32H,4,7-14H2,1-3H3/i11D2,12D2. The van der Waals surface area contributed by atoms with Crippen molar-refractivity contribution in [3.05, 3.63) is 63.8 Å². The molecule has 6 heteroatoms. The summed E-state index contributed by atoms with van der Waals surface area (Å²) in [6, 6.07) is 11.6. The van der Waals surface area contributed by atoms with Crippen LogP contribution in [-0.4, -0.2) is 61.0 Å². The van der Waals surface area contributed by atoms with Gasteiger partial charge in [-0.1, -0.05) is 26.8 Å². The van der Waals surface area contributed by atoms with Crippen LogP contribution < -0.4 is 4.90 Å². The molecular formula is C30H34N4O2. The number of hydrogen-bond acceptors (Lipinski definition) is 5. The Morgan fingerprint density at radius 3 is 2.64 bits per heavy atom. The van der Waals surface area contributed by atoms with Gasteiger partial charge in [0.2, 0.25) is 0 Å². The van der Waals surface area contributed by atoms with Crippen molar-refractivity contribution in [1.29, 1.82) is 5.26 Å². The molecule has 6 rings (SSSR count). The van der Waals surface area contributed by atoms with E-state index >= 15 is 0 Å². The summed E-state index contributed by atoms with van der Waals surface area (Å²) >= 11 is 0. The number of nitriles is 1. The summed E-state index contributed by atoms with van der Waals surface area (Å²) in [5, 5.41) is 10.2. The highest BCUT2D eigenvalue weighted by Crippen LogP contribution is 2.46. The van der Waals surface area contributed by atoms with Gasteiger partial charge in [-0.05, 0) is 54.7 Å². The molecule has 2 aromatic carbocycles. The first-order valence-electron chi connectivity index (χ1n) is 14.8. The van der Waals surface area contributed by atoms with E-state index in [1.165, 1.54) is 4.90 Å². The van der Waals surface area contributed by atoms with Gasteiger partial charge in [0, 0.05) is 70.9 Å². The summed E-state index contributed by atoms with van der Waals surface area (Å²) in [6.07, 6.45) is 2.03. The van der Waals surface area contributed by atoms with Gasteiger partial charge in [-0.2, -0.15) is 5.26 Å². The van der Waals surface area contributed by atoms with Gasteiger partial charge in [0.25, 0.3) is 0 Å². The molecule has 0 atom stereocenters. The van der Waals surface area contributed by atoms with Gasteiger partial charge in [0.1, 0.15) is 0 Å². The summed E-state index contributed by atoms with van der Waals surface area (Å²) in [5.41, 5.74) is 6.27. The lowest BCUT2D eigenvalue weighted by Gasteiger charge is -2.42. The lowest BCUT2D eigenvalue weighted by Crippen LogP contribution is -2.49. The monoisotopic (exact) mass is 486 g/mol. The zero-order valence-electron chi connectivity index (χ0n) is 25.1. The molecule has 3 aliphatic rings. The number of benzene rings is 2. The summed E-state index contributed by atoms with van der Waals surface area (Å²) in [7, 11) is 0. The fourth-order valence-electron chi connectivity index (χ4n) is 6.12. The van der Waals surface area contributed by atoms with Gasteiger partial charge in [-0.25, -0.2) is 0 Å². The Bertz CT molecular complexity index is 1550. The minimum Gasteiger partial charge on any atom is -0.379 e. The van der Waals surface area contributed by atoms with Crippen LogP contribution in [0.15, 0.2) is 30.3 Å². The quantitative estimate of drug-likeness (QED) is 0.577. The Kier molecular flexibility index (Phi) is 4.63. The molecule has 186 valence electrons. The number of ether oxygens (including phenoxy) is 1. The third-order valence-electron chi connectivity index (χ3n) is 8.14.